The minimum atomic E-state index is -4.24. The molecule has 2 aromatic rings. The number of aromatic carboxylic acids is 1. The summed E-state index contributed by atoms with van der Waals surface area (Å²) in [5.74, 6) is -5.88. The van der Waals surface area contributed by atoms with Crippen molar-refractivity contribution in [2.75, 3.05) is 26.3 Å². The van der Waals surface area contributed by atoms with E-state index in [4.69, 9.17) is 9.79 Å². The number of alkyl halides is 1. The Kier molecular flexibility index (Phi) is 8.79. The lowest BCUT2D eigenvalue weighted by molar-refractivity contribution is -0.153. The summed E-state index contributed by atoms with van der Waals surface area (Å²) in [4.78, 5) is 64.0. The fraction of sp³-hybridized carbons (Fsp3) is 0.292. The van der Waals surface area contributed by atoms with Crippen LogP contribution in [0, 0.1) is 0 Å². The number of fused-ring (bicyclic) bond motifs is 1. The molecule has 1 saturated heterocycles. The molecule has 6 N–H and O–H groups in total. The number of halogens is 1. The molecule has 2 aliphatic heterocycles. The van der Waals surface area contributed by atoms with E-state index in [2.05, 4.69) is 10.6 Å². The molecule has 0 aliphatic carbocycles. The van der Waals surface area contributed by atoms with Crippen LogP contribution >= 0.6 is 0 Å². The molecule has 1 unspecified atom stereocenters. The molecule has 4 rings (SSSR count). The summed E-state index contributed by atoms with van der Waals surface area (Å²) >= 11 is 0. The Labute approximate surface area is 238 Å². The van der Waals surface area contributed by atoms with Crippen LogP contribution in [0.15, 0.2) is 47.4 Å². The third-order valence-electron chi connectivity index (χ3n) is 6.64. The van der Waals surface area contributed by atoms with E-state index in [0.717, 1.165) is 17.0 Å². The third-order valence-corrected chi connectivity index (χ3v) is 7.55. The van der Waals surface area contributed by atoms with Gasteiger partial charge >= 0.3 is 30.9 Å². The topological polar surface area (TPSA) is 226 Å². The largest absolute Gasteiger partial charge is 0.547 e. The maximum Gasteiger partial charge on any atom is 0.547 e. The highest BCUT2D eigenvalue weighted by Crippen LogP contribution is 2.30. The summed E-state index contributed by atoms with van der Waals surface area (Å²) < 4.78 is 42.0. The summed E-state index contributed by atoms with van der Waals surface area (Å²) in [6.45, 7) is -1.69. The second-order valence-corrected chi connectivity index (χ2v) is 10.9. The molecule has 15 nitrogen and oxygen atoms in total. The quantitative estimate of drug-likeness (QED) is 0.174. The van der Waals surface area contributed by atoms with Crippen LogP contribution in [-0.4, -0.2) is 97.4 Å². The first-order valence-corrected chi connectivity index (χ1v) is 14.0. The van der Waals surface area contributed by atoms with Gasteiger partial charge in [-0.05, 0) is 35.7 Å². The van der Waals surface area contributed by atoms with Crippen LogP contribution < -0.4 is 20.4 Å². The van der Waals surface area contributed by atoms with Crippen molar-refractivity contribution >= 4 is 46.9 Å². The minimum Gasteiger partial charge on any atom is -0.534 e. The van der Waals surface area contributed by atoms with E-state index in [9.17, 15) is 46.9 Å². The van der Waals surface area contributed by atoms with Crippen LogP contribution in [0.5, 0.6) is 5.75 Å². The van der Waals surface area contributed by atoms with Crippen molar-refractivity contribution in [3.63, 3.8) is 0 Å². The fourth-order valence-corrected chi connectivity index (χ4v) is 5.11. The smallest absolute Gasteiger partial charge is 0.534 e. The molecule has 2 aromatic carbocycles. The number of hydrogen-bond acceptors (Lipinski definition) is 9. The average molecular weight is 605 g/mol. The number of nitrogens with zero attached hydrogens (tertiary/aromatic N) is 2. The Morgan fingerprint density at radius 1 is 1.14 bits per heavy atom. The maximum absolute atomic E-state index is 13.5. The highest BCUT2D eigenvalue weighted by atomic mass is 32.2. The number of carbonyl (C=O) groups excluding carboxylic acids is 4. The molecule has 2 atom stereocenters. The lowest BCUT2D eigenvalue weighted by atomic mass is 9.72. The van der Waals surface area contributed by atoms with Crippen LogP contribution in [0.25, 0.3) is 0 Å². The number of benzene rings is 2. The molecule has 222 valence electrons. The van der Waals surface area contributed by atoms with Gasteiger partial charge in [-0.2, -0.15) is 0 Å². The van der Waals surface area contributed by atoms with Gasteiger partial charge in [0.15, 0.2) is 0 Å². The summed E-state index contributed by atoms with van der Waals surface area (Å²) in [6, 6.07) is 6.15. The molecule has 42 heavy (non-hydrogen) atoms. The highest BCUT2D eigenvalue weighted by Gasteiger charge is 2.41. The van der Waals surface area contributed by atoms with E-state index in [1.165, 1.54) is 30.3 Å². The highest BCUT2D eigenvalue weighted by molar-refractivity contribution is 7.89. The van der Waals surface area contributed by atoms with Gasteiger partial charge in [-0.1, -0.05) is 24.3 Å². The van der Waals surface area contributed by atoms with Crippen molar-refractivity contribution < 1.29 is 51.6 Å². The summed E-state index contributed by atoms with van der Waals surface area (Å²) in [7, 11) is -5.95. The molecule has 0 saturated carbocycles. The number of carboxylic acid groups (broad SMARTS) is 1. The lowest BCUT2D eigenvalue weighted by Gasteiger charge is -2.33. The number of nitrogens with two attached hydrogens (primary N) is 1. The summed E-state index contributed by atoms with van der Waals surface area (Å²) in [5.41, 5.74) is 0.0756. The van der Waals surface area contributed by atoms with E-state index >= 15 is 0 Å². The lowest BCUT2D eigenvalue weighted by Crippen LogP contribution is -2.60. The van der Waals surface area contributed by atoms with Gasteiger partial charge < -0.3 is 30.3 Å². The van der Waals surface area contributed by atoms with Gasteiger partial charge in [0, 0.05) is 19.6 Å². The molecule has 5 amide bonds. The monoisotopic (exact) mass is 605 g/mol. The van der Waals surface area contributed by atoms with Crippen molar-refractivity contribution in [1.29, 1.82) is 0 Å². The molecule has 0 radical (unpaired) electrons. The summed E-state index contributed by atoms with van der Waals surface area (Å²) in [6.07, 6.45) is -0.0786. The second kappa shape index (κ2) is 12.1. The molecule has 2 aliphatic rings. The van der Waals surface area contributed by atoms with Crippen LogP contribution in [0.2, 0.25) is 0 Å². The third kappa shape index (κ3) is 6.34. The summed E-state index contributed by atoms with van der Waals surface area (Å²) in [5, 5.41) is 29.9. The number of nitrogens with one attached hydrogen (secondary N) is 2. The Bertz CT molecular complexity index is 1560. The van der Waals surface area contributed by atoms with Crippen LogP contribution in [0.3, 0.4) is 0 Å². The number of rotatable bonds is 8. The number of piperazine rings is 1. The van der Waals surface area contributed by atoms with Gasteiger partial charge in [-0.25, -0.2) is 27.5 Å². The predicted octanol–water partition coefficient (Wildman–Crippen LogP) is -1.44. The normalized spacial score (nSPS) is 17.7. The first-order valence-electron chi connectivity index (χ1n) is 12.4. The molecule has 1 fully saturated rings. The van der Waals surface area contributed by atoms with Crippen molar-refractivity contribution in [2.24, 2.45) is 5.14 Å². The van der Waals surface area contributed by atoms with Crippen molar-refractivity contribution in [2.45, 2.75) is 23.3 Å². The standard InChI is InChI=1S/C24H25BFN5O10S/c26-7-8-30-9-10-31(22(34)21(30)33)24(37)29-18(13-3-1-5-15(11-13)42(27,39)40)20(32)28-17-12-14-4-2-6-16(23(35)36)19(14)41-25(17)38/h1-6,11,17-18,38H,7-10,12H2,(H,28,32)(H,29,37)(H,35,36)(H2,27,39,40)/t17-,18?/m0/s1. The number of carboxylic acids is 1. The van der Waals surface area contributed by atoms with Gasteiger partial charge in [0.25, 0.3) is 0 Å². The minimum absolute atomic E-state index is 0.0786. The first kappa shape index (κ1) is 30.4. The SMILES string of the molecule is NS(=O)(=O)c1cccc(C(NC(=O)N2CCN(CCF)C(=O)C2=O)C(=O)N[C@H]2Cc3cccc(C(=O)O)c3OB2O)c1. The van der Waals surface area contributed by atoms with Gasteiger partial charge in [0.2, 0.25) is 15.9 Å². The van der Waals surface area contributed by atoms with Crippen molar-refractivity contribution in [3.8, 4) is 5.75 Å². The van der Waals surface area contributed by atoms with Crippen LogP contribution in [-0.2, 0) is 30.8 Å². The Morgan fingerprint density at radius 2 is 1.86 bits per heavy atom. The number of carbonyl (C=O) groups is 5. The number of para-hydroxylation sites is 1. The van der Waals surface area contributed by atoms with Gasteiger partial charge in [-0.15, -0.1) is 0 Å². The fourth-order valence-electron chi connectivity index (χ4n) is 4.54. The van der Waals surface area contributed by atoms with E-state index < -0.39 is 70.4 Å². The predicted molar refractivity (Wildman–Crippen MR) is 141 cm³/mol. The number of hydrogen-bond donors (Lipinski definition) is 5. The van der Waals surface area contributed by atoms with Crippen molar-refractivity contribution in [1.82, 2.24) is 20.4 Å². The first-order chi connectivity index (χ1) is 19.8. The van der Waals surface area contributed by atoms with E-state index in [-0.39, 0.29) is 42.9 Å². The molecule has 0 aromatic heterocycles. The van der Waals surface area contributed by atoms with E-state index in [1.54, 1.807) is 0 Å². The zero-order valence-electron chi connectivity index (χ0n) is 21.7. The molecular formula is C24H25BFN5O10S. The maximum atomic E-state index is 13.5. The molecular weight excluding hydrogens is 580 g/mol. The van der Waals surface area contributed by atoms with Gasteiger partial charge in [0.1, 0.15) is 18.5 Å². The Hall–Kier alpha value is -4.55. The van der Waals surface area contributed by atoms with E-state index in [1.807, 2.05) is 0 Å². The molecule has 18 heteroatoms. The van der Waals surface area contributed by atoms with Gasteiger partial charge in [0.05, 0.1) is 16.4 Å². The van der Waals surface area contributed by atoms with Crippen LogP contribution in [0.4, 0.5) is 9.18 Å². The Balaban J connectivity index is 1.61. The number of primary sulfonamides is 1. The molecule has 0 bridgehead atoms. The van der Waals surface area contributed by atoms with Crippen LogP contribution in [0.1, 0.15) is 27.5 Å². The average Bonchev–Trinajstić information content (AvgIpc) is 2.93. The van der Waals surface area contributed by atoms with E-state index in [0.29, 0.717) is 10.5 Å². The molecule has 2 heterocycles. The second-order valence-electron chi connectivity index (χ2n) is 9.36. The number of urea groups is 1. The van der Waals surface area contributed by atoms with Crippen molar-refractivity contribution in [3.05, 3.63) is 59.2 Å². The number of sulfonamides is 1. The Morgan fingerprint density at radius 3 is 2.52 bits per heavy atom. The zero-order valence-corrected chi connectivity index (χ0v) is 22.5. The number of imide groups is 1. The molecule has 0 spiro atoms. The number of amides is 5. The zero-order chi connectivity index (χ0) is 30.8. The van der Waals surface area contributed by atoms with Gasteiger partial charge in [-0.3, -0.25) is 19.3 Å².